The molecule has 1 aromatic rings. The van der Waals surface area contributed by atoms with Crippen LogP contribution >= 0.6 is 23.0 Å². The molecule has 1 aromatic carbocycles. The molecular weight excluding hydrogens is 270 g/mol. The van der Waals surface area contributed by atoms with Gasteiger partial charge in [0.15, 0.2) is 0 Å². The number of aryl methyl sites for hydroxylation is 1. The van der Waals surface area contributed by atoms with Gasteiger partial charge in [-0.2, -0.15) is 0 Å². The van der Waals surface area contributed by atoms with Crippen LogP contribution in [0.4, 0.5) is 0 Å². The van der Waals surface area contributed by atoms with E-state index in [0.29, 0.717) is 5.75 Å². The third kappa shape index (κ3) is 3.00. The standard InChI is InChI=1S/C7H8BIO3/c1-6-2-4-7(5-3-6)11-8(10)12-9/h2-5,10H,1H3. The molecule has 0 fully saturated rings. The number of hydrogen-bond acceptors (Lipinski definition) is 3. The van der Waals surface area contributed by atoms with Crippen LogP contribution in [0.5, 0.6) is 5.75 Å². The molecule has 5 heteroatoms. The first-order chi connectivity index (χ1) is 5.72. The van der Waals surface area contributed by atoms with Gasteiger partial charge in [0.25, 0.3) is 0 Å². The van der Waals surface area contributed by atoms with Crippen molar-refractivity contribution in [2.45, 2.75) is 6.92 Å². The molecule has 0 radical (unpaired) electrons. The van der Waals surface area contributed by atoms with Crippen LogP contribution in [0.1, 0.15) is 5.56 Å². The van der Waals surface area contributed by atoms with Gasteiger partial charge < -0.3 is 12.7 Å². The minimum absolute atomic E-state index is 0.588. The van der Waals surface area contributed by atoms with Gasteiger partial charge in [-0.05, 0) is 19.1 Å². The van der Waals surface area contributed by atoms with Gasteiger partial charge in [0.1, 0.15) is 5.75 Å². The highest BCUT2D eigenvalue weighted by atomic mass is 127. The van der Waals surface area contributed by atoms with Gasteiger partial charge >= 0.3 is 7.32 Å². The predicted octanol–water partition coefficient (Wildman–Crippen LogP) is 1.72. The Bertz CT molecular complexity index is 239. The molecule has 0 unspecified atom stereocenters. The van der Waals surface area contributed by atoms with Crippen LogP contribution in [0.3, 0.4) is 0 Å². The summed E-state index contributed by atoms with van der Waals surface area (Å²) in [4.78, 5) is 0. The summed E-state index contributed by atoms with van der Waals surface area (Å²) in [5.74, 6) is 0.588. The largest absolute Gasteiger partial charge is 0.720 e. The van der Waals surface area contributed by atoms with Gasteiger partial charge in [-0.15, -0.1) is 0 Å². The summed E-state index contributed by atoms with van der Waals surface area (Å²) in [6.07, 6.45) is 0. The van der Waals surface area contributed by atoms with Crippen molar-refractivity contribution in [1.29, 1.82) is 0 Å². The van der Waals surface area contributed by atoms with Gasteiger partial charge in [0, 0.05) is 0 Å². The minimum atomic E-state index is -1.20. The van der Waals surface area contributed by atoms with Crippen LogP contribution in [0.2, 0.25) is 0 Å². The van der Waals surface area contributed by atoms with E-state index in [-0.39, 0.29) is 0 Å². The molecule has 0 aromatic heterocycles. The van der Waals surface area contributed by atoms with Crippen LogP contribution < -0.4 is 4.65 Å². The summed E-state index contributed by atoms with van der Waals surface area (Å²) >= 11 is 1.57. The Morgan fingerprint density at radius 1 is 1.33 bits per heavy atom. The van der Waals surface area contributed by atoms with Gasteiger partial charge in [0.2, 0.25) is 0 Å². The molecule has 0 atom stereocenters. The average Bonchev–Trinajstić information content (AvgIpc) is 2.09. The quantitative estimate of drug-likeness (QED) is 0.675. The minimum Gasteiger partial charge on any atom is -0.512 e. The zero-order valence-electron chi connectivity index (χ0n) is 6.53. The maximum Gasteiger partial charge on any atom is 0.720 e. The molecule has 12 heavy (non-hydrogen) atoms. The number of rotatable bonds is 3. The summed E-state index contributed by atoms with van der Waals surface area (Å²) in [6, 6.07) is 7.34. The fourth-order valence-electron chi connectivity index (χ4n) is 0.751. The number of halogens is 1. The molecule has 0 aliphatic carbocycles. The summed E-state index contributed by atoms with van der Waals surface area (Å²) in [5, 5.41) is 8.93. The topological polar surface area (TPSA) is 38.7 Å². The smallest absolute Gasteiger partial charge is 0.512 e. The first-order valence-electron chi connectivity index (χ1n) is 3.41. The van der Waals surface area contributed by atoms with Crippen molar-refractivity contribution in [1.82, 2.24) is 0 Å². The Balaban J connectivity index is 2.58. The van der Waals surface area contributed by atoms with E-state index in [2.05, 4.69) is 2.98 Å². The Morgan fingerprint density at radius 2 is 1.92 bits per heavy atom. The average molecular weight is 278 g/mol. The number of benzene rings is 1. The second kappa shape index (κ2) is 4.69. The summed E-state index contributed by atoms with van der Waals surface area (Å²) in [6.45, 7) is 1.98. The van der Waals surface area contributed by atoms with Crippen molar-refractivity contribution < 1.29 is 12.7 Å². The molecule has 1 N–H and O–H groups in total. The zero-order chi connectivity index (χ0) is 8.97. The van der Waals surface area contributed by atoms with E-state index in [1.807, 2.05) is 19.1 Å². The van der Waals surface area contributed by atoms with Crippen molar-refractivity contribution in [3.05, 3.63) is 29.8 Å². The van der Waals surface area contributed by atoms with Crippen molar-refractivity contribution in [3.63, 3.8) is 0 Å². The molecule has 64 valence electrons. The van der Waals surface area contributed by atoms with Crippen LogP contribution in [0.15, 0.2) is 24.3 Å². The van der Waals surface area contributed by atoms with Crippen molar-refractivity contribution in [2.75, 3.05) is 0 Å². The van der Waals surface area contributed by atoms with Crippen molar-refractivity contribution in [2.24, 2.45) is 0 Å². The Labute approximate surface area is 85.6 Å². The molecule has 0 spiro atoms. The highest BCUT2D eigenvalue weighted by Crippen LogP contribution is 2.12. The second-order valence-corrected chi connectivity index (χ2v) is 2.84. The fraction of sp³-hybridized carbons (Fsp3) is 0.143. The van der Waals surface area contributed by atoms with E-state index < -0.39 is 7.32 Å². The van der Waals surface area contributed by atoms with Gasteiger partial charge in [0.05, 0.1) is 23.0 Å². The first-order valence-corrected chi connectivity index (χ1v) is 4.29. The van der Waals surface area contributed by atoms with Gasteiger partial charge in [-0.3, -0.25) is 0 Å². The summed E-state index contributed by atoms with van der Waals surface area (Å²) in [7, 11) is -1.20. The molecule has 0 saturated carbocycles. The molecule has 0 aliphatic heterocycles. The summed E-state index contributed by atoms with van der Waals surface area (Å²) < 4.78 is 9.43. The highest BCUT2D eigenvalue weighted by Gasteiger charge is 2.16. The molecular formula is C7H8BIO3. The maximum absolute atomic E-state index is 8.93. The lowest BCUT2D eigenvalue weighted by Gasteiger charge is -2.05. The Hall–Kier alpha value is -0.265. The third-order valence-corrected chi connectivity index (χ3v) is 1.77. The molecule has 0 heterocycles. The van der Waals surface area contributed by atoms with Gasteiger partial charge in [-0.1, -0.05) is 17.7 Å². The van der Waals surface area contributed by atoms with E-state index in [9.17, 15) is 0 Å². The monoisotopic (exact) mass is 278 g/mol. The highest BCUT2D eigenvalue weighted by molar-refractivity contribution is 14.1. The van der Waals surface area contributed by atoms with Crippen molar-refractivity contribution >= 4 is 30.3 Å². The van der Waals surface area contributed by atoms with E-state index in [0.717, 1.165) is 5.56 Å². The molecule has 0 bridgehead atoms. The SMILES string of the molecule is Cc1ccc(OB(O)OI)cc1. The molecule has 0 amide bonds. The Kier molecular flexibility index (Phi) is 3.83. The fourth-order valence-corrected chi connectivity index (χ4v) is 0.855. The lowest BCUT2D eigenvalue weighted by atomic mass is 10.2. The van der Waals surface area contributed by atoms with Gasteiger partial charge in [-0.25, -0.2) is 0 Å². The van der Waals surface area contributed by atoms with E-state index in [4.69, 9.17) is 9.68 Å². The summed E-state index contributed by atoms with van der Waals surface area (Å²) in [5.41, 5.74) is 1.15. The van der Waals surface area contributed by atoms with E-state index in [1.165, 1.54) is 0 Å². The first kappa shape index (κ1) is 9.82. The molecule has 0 saturated heterocycles. The lowest BCUT2D eigenvalue weighted by molar-refractivity contribution is 0.333. The van der Waals surface area contributed by atoms with E-state index in [1.54, 1.807) is 35.1 Å². The number of hydrogen-bond donors (Lipinski definition) is 1. The Morgan fingerprint density at radius 3 is 2.42 bits per heavy atom. The third-order valence-electron chi connectivity index (χ3n) is 1.33. The lowest BCUT2D eigenvalue weighted by Crippen LogP contribution is -2.21. The van der Waals surface area contributed by atoms with Crippen LogP contribution in [-0.2, 0) is 2.98 Å². The molecule has 0 aliphatic rings. The maximum atomic E-state index is 8.93. The second-order valence-electron chi connectivity index (χ2n) is 2.33. The van der Waals surface area contributed by atoms with Crippen LogP contribution in [0, 0.1) is 6.92 Å². The van der Waals surface area contributed by atoms with Crippen molar-refractivity contribution in [3.8, 4) is 5.75 Å². The van der Waals surface area contributed by atoms with Crippen LogP contribution in [0.25, 0.3) is 0 Å². The van der Waals surface area contributed by atoms with E-state index >= 15 is 0 Å². The zero-order valence-corrected chi connectivity index (χ0v) is 8.69. The predicted molar refractivity (Wildman–Crippen MR) is 54.9 cm³/mol. The normalized spacial score (nSPS) is 9.58. The molecule has 3 nitrogen and oxygen atoms in total. The molecule has 1 rings (SSSR count). The van der Waals surface area contributed by atoms with Crippen LogP contribution in [-0.4, -0.2) is 12.3 Å².